The van der Waals surface area contributed by atoms with E-state index in [2.05, 4.69) is 25.1 Å². The molecule has 1 fully saturated rings. The summed E-state index contributed by atoms with van der Waals surface area (Å²) in [4.78, 5) is 20.4. The Bertz CT molecular complexity index is 1380. The maximum Gasteiger partial charge on any atom is 0.573 e. The van der Waals surface area contributed by atoms with Crippen LogP contribution in [0.2, 0.25) is 5.02 Å². The lowest BCUT2D eigenvalue weighted by molar-refractivity contribution is -0.274. The van der Waals surface area contributed by atoms with Gasteiger partial charge in [0.15, 0.2) is 0 Å². The molecule has 2 aromatic heterocycles. The molecule has 0 aliphatic carbocycles. The number of imidazole rings is 1. The fourth-order valence-electron chi connectivity index (χ4n) is 4.01. The van der Waals surface area contributed by atoms with Crippen molar-refractivity contribution in [3.63, 3.8) is 0 Å². The SMILES string of the molecule is O=c1c2ccccc2c(Cc2nc3cc(OC(F)(F)F)c(Cl)cc3[nH]2)nn1C1CCNC1. The number of ether oxygens (including phenoxy) is 1. The van der Waals surface area contributed by atoms with Gasteiger partial charge in [-0.1, -0.05) is 29.8 Å². The lowest BCUT2D eigenvalue weighted by Crippen LogP contribution is -2.30. The summed E-state index contributed by atoms with van der Waals surface area (Å²) in [5, 5.41) is 8.96. The van der Waals surface area contributed by atoms with Crippen LogP contribution in [0.1, 0.15) is 24.0 Å². The molecule has 1 aliphatic heterocycles. The molecule has 0 radical (unpaired) electrons. The van der Waals surface area contributed by atoms with Gasteiger partial charge in [-0.2, -0.15) is 5.10 Å². The van der Waals surface area contributed by atoms with Crippen LogP contribution >= 0.6 is 11.6 Å². The van der Waals surface area contributed by atoms with Crippen LogP contribution in [0, 0.1) is 0 Å². The minimum Gasteiger partial charge on any atom is -0.404 e. The number of nitrogens with one attached hydrogen (secondary N) is 2. The van der Waals surface area contributed by atoms with E-state index in [1.54, 1.807) is 12.1 Å². The van der Waals surface area contributed by atoms with E-state index in [4.69, 9.17) is 11.6 Å². The third-order valence-corrected chi connectivity index (χ3v) is 5.73. The number of fused-ring (bicyclic) bond motifs is 2. The zero-order valence-corrected chi connectivity index (χ0v) is 17.3. The smallest absolute Gasteiger partial charge is 0.404 e. The highest BCUT2D eigenvalue weighted by molar-refractivity contribution is 6.32. The molecule has 5 rings (SSSR count). The first-order valence-corrected chi connectivity index (χ1v) is 10.3. The van der Waals surface area contributed by atoms with Crippen molar-refractivity contribution in [2.24, 2.45) is 0 Å². The molecule has 1 aliphatic rings. The number of aromatic amines is 1. The lowest BCUT2D eigenvalue weighted by atomic mass is 10.1. The molecule has 11 heteroatoms. The van der Waals surface area contributed by atoms with Gasteiger partial charge >= 0.3 is 6.36 Å². The van der Waals surface area contributed by atoms with Gasteiger partial charge in [-0.15, -0.1) is 13.2 Å². The summed E-state index contributed by atoms with van der Waals surface area (Å²) in [5.41, 5.74) is 1.24. The minimum atomic E-state index is -4.86. The van der Waals surface area contributed by atoms with Crippen molar-refractivity contribution >= 4 is 33.4 Å². The van der Waals surface area contributed by atoms with Gasteiger partial charge in [-0.3, -0.25) is 4.79 Å². The predicted octanol–water partition coefficient (Wildman–Crippen LogP) is 3.95. The highest BCUT2D eigenvalue weighted by Gasteiger charge is 2.32. The van der Waals surface area contributed by atoms with E-state index in [0.29, 0.717) is 34.4 Å². The van der Waals surface area contributed by atoms with Crippen molar-refractivity contribution < 1.29 is 17.9 Å². The average Bonchev–Trinajstić information content (AvgIpc) is 3.39. The Kier molecular flexibility index (Phi) is 5.06. The van der Waals surface area contributed by atoms with Crippen LogP contribution in [0.3, 0.4) is 0 Å². The molecule has 7 nitrogen and oxygen atoms in total. The topological polar surface area (TPSA) is 84.8 Å². The number of benzene rings is 2. The van der Waals surface area contributed by atoms with Crippen LogP contribution < -0.4 is 15.6 Å². The summed E-state index contributed by atoms with van der Waals surface area (Å²) in [6.07, 6.45) is -3.80. The predicted molar refractivity (Wildman–Crippen MR) is 113 cm³/mol. The van der Waals surface area contributed by atoms with E-state index in [-0.39, 0.29) is 28.6 Å². The summed E-state index contributed by atoms with van der Waals surface area (Å²) in [6.45, 7) is 1.48. The highest BCUT2D eigenvalue weighted by Crippen LogP contribution is 2.33. The third kappa shape index (κ3) is 3.91. The van der Waals surface area contributed by atoms with E-state index in [9.17, 15) is 18.0 Å². The summed E-state index contributed by atoms with van der Waals surface area (Å²) in [7, 11) is 0. The van der Waals surface area contributed by atoms with Crippen LogP contribution in [0.5, 0.6) is 5.75 Å². The summed E-state index contributed by atoms with van der Waals surface area (Å²) in [5.74, 6) is -0.0387. The minimum absolute atomic E-state index is 0.0394. The van der Waals surface area contributed by atoms with Crippen LogP contribution in [-0.4, -0.2) is 39.2 Å². The molecule has 3 heterocycles. The third-order valence-electron chi connectivity index (χ3n) is 5.43. The molecule has 0 bridgehead atoms. The molecule has 0 spiro atoms. The van der Waals surface area contributed by atoms with Crippen LogP contribution in [0.4, 0.5) is 13.2 Å². The van der Waals surface area contributed by atoms with Crippen molar-refractivity contribution in [1.29, 1.82) is 0 Å². The molecule has 1 unspecified atom stereocenters. The van der Waals surface area contributed by atoms with Crippen molar-refractivity contribution in [3.05, 3.63) is 63.3 Å². The van der Waals surface area contributed by atoms with Gasteiger partial charge < -0.3 is 15.0 Å². The molecular formula is C21H17ClF3N5O2. The molecule has 1 atom stereocenters. The second-order valence-corrected chi connectivity index (χ2v) is 8.00. The van der Waals surface area contributed by atoms with E-state index < -0.39 is 12.1 Å². The van der Waals surface area contributed by atoms with E-state index in [0.717, 1.165) is 19.0 Å². The molecule has 0 saturated carbocycles. The van der Waals surface area contributed by atoms with Gasteiger partial charge in [0.05, 0.1) is 39.6 Å². The number of rotatable bonds is 4. The number of aromatic nitrogens is 4. The Labute approximate surface area is 184 Å². The number of alkyl halides is 3. The first-order valence-electron chi connectivity index (χ1n) is 9.93. The molecule has 2 aromatic carbocycles. The second kappa shape index (κ2) is 7.79. The number of halogens is 4. The maximum atomic E-state index is 13.0. The van der Waals surface area contributed by atoms with Crippen molar-refractivity contribution in [2.75, 3.05) is 13.1 Å². The fourth-order valence-corrected chi connectivity index (χ4v) is 4.21. The van der Waals surface area contributed by atoms with Gasteiger partial charge in [0.25, 0.3) is 5.56 Å². The largest absolute Gasteiger partial charge is 0.573 e. The average molecular weight is 464 g/mol. The van der Waals surface area contributed by atoms with Gasteiger partial charge in [0, 0.05) is 18.0 Å². The van der Waals surface area contributed by atoms with Crippen LogP contribution in [0.15, 0.2) is 41.2 Å². The standard InChI is InChI=1S/C21H17ClF3N5O2/c22-14-7-16-17(8-18(14)32-21(23,24)25)28-19(27-16)9-15-12-3-1-2-4-13(12)20(31)30(29-15)11-5-6-26-10-11/h1-4,7-8,11,26H,5-6,9-10H2,(H,27,28). The zero-order chi connectivity index (χ0) is 22.5. The Hall–Kier alpha value is -3.11. The van der Waals surface area contributed by atoms with E-state index in [1.165, 1.54) is 10.7 Å². The number of hydrogen-bond acceptors (Lipinski definition) is 5. The Balaban J connectivity index is 1.56. The van der Waals surface area contributed by atoms with Crippen molar-refractivity contribution in [3.8, 4) is 5.75 Å². The first kappa shape index (κ1) is 20.8. The summed E-state index contributed by atoms with van der Waals surface area (Å²) in [6, 6.07) is 9.66. The van der Waals surface area contributed by atoms with Gasteiger partial charge in [-0.05, 0) is 25.1 Å². The van der Waals surface area contributed by atoms with E-state index in [1.807, 2.05) is 12.1 Å². The molecule has 32 heavy (non-hydrogen) atoms. The normalized spacial score (nSPS) is 16.8. The molecule has 2 N–H and O–H groups in total. The molecular weight excluding hydrogens is 447 g/mol. The molecule has 166 valence electrons. The quantitative estimate of drug-likeness (QED) is 0.479. The lowest BCUT2D eigenvalue weighted by Gasteiger charge is -2.15. The van der Waals surface area contributed by atoms with E-state index >= 15 is 0 Å². The molecule has 4 aromatic rings. The number of nitrogens with zero attached hydrogens (tertiary/aromatic N) is 3. The number of H-pyrrole nitrogens is 1. The Morgan fingerprint density at radius 1 is 1.22 bits per heavy atom. The Morgan fingerprint density at radius 2 is 2.00 bits per heavy atom. The monoisotopic (exact) mass is 463 g/mol. The van der Waals surface area contributed by atoms with Gasteiger partial charge in [0.2, 0.25) is 0 Å². The van der Waals surface area contributed by atoms with Crippen molar-refractivity contribution in [1.82, 2.24) is 25.1 Å². The van der Waals surface area contributed by atoms with Gasteiger partial charge in [-0.25, -0.2) is 9.67 Å². The fraction of sp³-hybridized carbons (Fsp3) is 0.286. The van der Waals surface area contributed by atoms with Crippen LogP contribution in [0.25, 0.3) is 21.8 Å². The first-order chi connectivity index (χ1) is 15.3. The van der Waals surface area contributed by atoms with Crippen LogP contribution in [-0.2, 0) is 6.42 Å². The summed E-state index contributed by atoms with van der Waals surface area (Å²) >= 11 is 5.94. The zero-order valence-electron chi connectivity index (χ0n) is 16.5. The molecule has 0 amide bonds. The number of hydrogen-bond donors (Lipinski definition) is 2. The van der Waals surface area contributed by atoms with Gasteiger partial charge in [0.1, 0.15) is 11.6 Å². The highest BCUT2D eigenvalue weighted by atomic mass is 35.5. The summed E-state index contributed by atoms with van der Waals surface area (Å²) < 4.78 is 43.3. The molecule has 1 saturated heterocycles. The second-order valence-electron chi connectivity index (χ2n) is 7.60. The maximum absolute atomic E-state index is 13.0. The van der Waals surface area contributed by atoms with Crippen molar-refractivity contribution in [2.45, 2.75) is 25.2 Å². The Morgan fingerprint density at radius 3 is 2.72 bits per heavy atom.